The minimum Gasteiger partial charge on any atom is -0.493 e. The van der Waals surface area contributed by atoms with Crippen molar-refractivity contribution >= 4 is 50.5 Å². The molecule has 2 rings (SSSR count). The Hall–Kier alpha value is -0.420. The Labute approximate surface area is 140 Å². The van der Waals surface area contributed by atoms with Crippen molar-refractivity contribution in [2.45, 2.75) is 12.3 Å². The van der Waals surface area contributed by atoms with Gasteiger partial charge in [-0.2, -0.15) is 0 Å². The fourth-order valence-electron chi connectivity index (χ4n) is 1.83. The van der Waals surface area contributed by atoms with Crippen LogP contribution < -0.4 is 9.47 Å². The van der Waals surface area contributed by atoms with Gasteiger partial charge in [0.05, 0.1) is 24.6 Å². The summed E-state index contributed by atoms with van der Waals surface area (Å²) < 4.78 is 11.4. The summed E-state index contributed by atoms with van der Waals surface area (Å²) in [6.07, 6.45) is 0. The van der Waals surface area contributed by atoms with Crippen LogP contribution in [0.3, 0.4) is 0 Å². The molecule has 0 aliphatic rings. The quantitative estimate of drug-likeness (QED) is 0.607. The minimum atomic E-state index is -0.338. The van der Waals surface area contributed by atoms with Crippen molar-refractivity contribution < 1.29 is 9.47 Å². The van der Waals surface area contributed by atoms with Crippen LogP contribution in [0, 0.1) is 6.92 Å². The molecule has 0 N–H and O–H groups in total. The Balaban J connectivity index is 2.49. The third-order valence-electron chi connectivity index (χ3n) is 2.93. The van der Waals surface area contributed by atoms with Crippen LogP contribution in [-0.4, -0.2) is 14.2 Å². The van der Waals surface area contributed by atoms with Gasteiger partial charge in [0, 0.05) is 9.35 Å². The summed E-state index contributed by atoms with van der Waals surface area (Å²) in [4.78, 5) is 0.929. The summed E-state index contributed by atoms with van der Waals surface area (Å²) in [6.45, 7) is 1.97. The van der Waals surface area contributed by atoms with E-state index in [2.05, 4.69) is 15.9 Å². The number of hydrogen-bond acceptors (Lipinski definition) is 3. The van der Waals surface area contributed by atoms with Crippen molar-refractivity contribution in [3.05, 3.63) is 43.0 Å². The van der Waals surface area contributed by atoms with Gasteiger partial charge in [-0.25, -0.2) is 0 Å². The van der Waals surface area contributed by atoms with Gasteiger partial charge in [0.15, 0.2) is 11.5 Å². The average Bonchev–Trinajstić information content (AvgIpc) is 2.78. The van der Waals surface area contributed by atoms with Crippen LogP contribution in [0.1, 0.15) is 21.4 Å². The van der Waals surface area contributed by atoms with Crippen LogP contribution in [0.4, 0.5) is 0 Å². The monoisotopic (exact) mass is 394 g/mol. The highest BCUT2D eigenvalue weighted by Crippen LogP contribution is 2.44. The molecule has 0 fully saturated rings. The standard InChI is InChI=1S/C14H13BrCl2O2S/c1-7-6-20-14(12(7)16)13(17)8-4-10(18-2)11(19-3)5-9(8)15/h4-6,13H,1-3H3. The lowest BCUT2D eigenvalue weighted by atomic mass is 10.1. The van der Waals surface area contributed by atoms with Crippen molar-refractivity contribution in [1.82, 2.24) is 0 Å². The highest BCUT2D eigenvalue weighted by Gasteiger charge is 2.22. The maximum Gasteiger partial charge on any atom is 0.161 e. The first-order chi connectivity index (χ1) is 9.49. The number of halogens is 3. The first-order valence-electron chi connectivity index (χ1n) is 5.78. The second kappa shape index (κ2) is 6.56. The van der Waals surface area contributed by atoms with Crippen molar-refractivity contribution in [2.24, 2.45) is 0 Å². The third kappa shape index (κ3) is 2.93. The van der Waals surface area contributed by atoms with Crippen LogP contribution in [0.5, 0.6) is 11.5 Å². The van der Waals surface area contributed by atoms with Gasteiger partial charge in [0.2, 0.25) is 0 Å². The summed E-state index contributed by atoms with van der Waals surface area (Å²) in [5, 5.41) is 2.38. The van der Waals surface area contributed by atoms with Gasteiger partial charge in [-0.1, -0.05) is 27.5 Å². The van der Waals surface area contributed by atoms with Crippen molar-refractivity contribution in [2.75, 3.05) is 14.2 Å². The molecular weight excluding hydrogens is 383 g/mol. The van der Waals surface area contributed by atoms with E-state index in [0.29, 0.717) is 11.5 Å². The second-order valence-electron chi connectivity index (χ2n) is 4.19. The van der Waals surface area contributed by atoms with Gasteiger partial charge in [-0.15, -0.1) is 22.9 Å². The topological polar surface area (TPSA) is 18.5 Å². The number of aryl methyl sites for hydroxylation is 1. The van der Waals surface area contributed by atoms with E-state index in [-0.39, 0.29) is 5.38 Å². The maximum atomic E-state index is 6.58. The van der Waals surface area contributed by atoms with Gasteiger partial charge in [0.1, 0.15) is 0 Å². The first-order valence-corrected chi connectivity index (χ1v) is 8.27. The van der Waals surface area contributed by atoms with E-state index in [0.717, 1.165) is 25.5 Å². The Morgan fingerprint density at radius 3 is 2.30 bits per heavy atom. The van der Waals surface area contributed by atoms with Gasteiger partial charge >= 0.3 is 0 Å². The van der Waals surface area contributed by atoms with E-state index in [1.54, 1.807) is 25.6 Å². The zero-order valence-electron chi connectivity index (χ0n) is 11.2. The van der Waals surface area contributed by atoms with E-state index in [1.807, 2.05) is 24.4 Å². The average molecular weight is 396 g/mol. The molecule has 6 heteroatoms. The van der Waals surface area contributed by atoms with Crippen LogP contribution >= 0.6 is 50.5 Å². The van der Waals surface area contributed by atoms with Gasteiger partial charge in [-0.3, -0.25) is 0 Å². The zero-order chi connectivity index (χ0) is 14.9. The smallest absolute Gasteiger partial charge is 0.161 e. The molecule has 1 aromatic heterocycles. The predicted molar refractivity (Wildman–Crippen MR) is 89.0 cm³/mol. The highest BCUT2D eigenvalue weighted by atomic mass is 79.9. The number of hydrogen-bond donors (Lipinski definition) is 0. The van der Waals surface area contributed by atoms with Crippen LogP contribution in [0.15, 0.2) is 22.0 Å². The van der Waals surface area contributed by atoms with E-state index >= 15 is 0 Å². The number of alkyl halides is 1. The van der Waals surface area contributed by atoms with E-state index in [9.17, 15) is 0 Å². The molecule has 1 atom stereocenters. The van der Waals surface area contributed by atoms with Crippen LogP contribution in [0.2, 0.25) is 5.02 Å². The Morgan fingerprint density at radius 2 is 1.80 bits per heavy atom. The lowest BCUT2D eigenvalue weighted by Crippen LogP contribution is -1.97. The summed E-state index contributed by atoms with van der Waals surface area (Å²) in [6, 6.07) is 3.71. The van der Waals surface area contributed by atoms with Gasteiger partial charge in [-0.05, 0) is 35.6 Å². The third-order valence-corrected chi connectivity index (χ3v) is 5.98. The number of ether oxygens (including phenoxy) is 2. The molecule has 0 aliphatic carbocycles. The number of rotatable bonds is 4. The number of benzene rings is 1. The second-order valence-corrected chi connectivity index (χ2v) is 6.77. The first kappa shape index (κ1) is 16.0. The van der Waals surface area contributed by atoms with Gasteiger partial charge < -0.3 is 9.47 Å². The van der Waals surface area contributed by atoms with Gasteiger partial charge in [0.25, 0.3) is 0 Å². The zero-order valence-corrected chi connectivity index (χ0v) is 15.1. The van der Waals surface area contributed by atoms with E-state index < -0.39 is 0 Å². The normalized spacial score (nSPS) is 12.3. The summed E-state index contributed by atoms with van der Waals surface area (Å²) >= 11 is 17.9. The molecule has 1 unspecified atom stereocenters. The molecule has 108 valence electrons. The predicted octanol–water partition coefficient (Wildman–Crippen LogP) is 5.82. The molecule has 0 saturated heterocycles. The SMILES string of the molecule is COc1cc(Br)c(C(Cl)c2scc(C)c2Cl)cc1OC. The Kier molecular flexibility index (Phi) is 5.24. The fourth-order valence-corrected chi connectivity index (χ4v) is 4.30. The molecule has 0 radical (unpaired) electrons. The summed E-state index contributed by atoms with van der Waals surface area (Å²) in [5.41, 5.74) is 1.93. The Morgan fingerprint density at radius 1 is 1.20 bits per heavy atom. The number of thiophene rings is 1. The highest BCUT2D eigenvalue weighted by molar-refractivity contribution is 9.10. The van der Waals surface area contributed by atoms with Crippen molar-refractivity contribution in [3.8, 4) is 11.5 Å². The molecule has 0 aliphatic heterocycles. The lowest BCUT2D eigenvalue weighted by molar-refractivity contribution is 0.354. The lowest BCUT2D eigenvalue weighted by Gasteiger charge is -2.15. The van der Waals surface area contributed by atoms with Crippen molar-refractivity contribution in [1.29, 1.82) is 0 Å². The molecule has 1 heterocycles. The largest absolute Gasteiger partial charge is 0.493 e. The van der Waals surface area contributed by atoms with E-state index in [4.69, 9.17) is 32.7 Å². The summed E-state index contributed by atoms with van der Waals surface area (Å²) in [7, 11) is 3.20. The molecular formula is C14H13BrCl2O2S. The maximum absolute atomic E-state index is 6.58. The fraction of sp³-hybridized carbons (Fsp3) is 0.286. The van der Waals surface area contributed by atoms with E-state index in [1.165, 1.54) is 0 Å². The Bertz CT molecular complexity index is 628. The van der Waals surface area contributed by atoms with Crippen LogP contribution in [0.25, 0.3) is 0 Å². The molecule has 20 heavy (non-hydrogen) atoms. The van der Waals surface area contributed by atoms with Crippen molar-refractivity contribution in [3.63, 3.8) is 0 Å². The number of methoxy groups -OCH3 is 2. The molecule has 0 saturated carbocycles. The molecule has 1 aromatic carbocycles. The molecule has 0 amide bonds. The summed E-state index contributed by atoms with van der Waals surface area (Å²) in [5.74, 6) is 1.29. The molecule has 0 spiro atoms. The molecule has 2 nitrogen and oxygen atoms in total. The molecule has 2 aromatic rings. The molecule has 0 bridgehead atoms. The van der Waals surface area contributed by atoms with Crippen LogP contribution in [-0.2, 0) is 0 Å². The minimum absolute atomic E-state index is 0.338.